The molecule has 0 spiro atoms. The zero-order chi connectivity index (χ0) is 24.6. The fraction of sp³-hybridized carbons (Fsp3) is 0.381. The van der Waals surface area contributed by atoms with E-state index in [1.807, 2.05) is 0 Å². The van der Waals surface area contributed by atoms with Gasteiger partial charge in [0.2, 0.25) is 5.91 Å². The van der Waals surface area contributed by atoms with E-state index in [9.17, 15) is 44.3 Å². The molecule has 0 aromatic heterocycles. The van der Waals surface area contributed by atoms with Gasteiger partial charge in [-0.15, -0.1) is 0 Å². The third-order valence-electron chi connectivity index (χ3n) is 5.08. The first-order valence-electron chi connectivity index (χ1n) is 9.67. The highest BCUT2D eigenvalue weighted by Gasteiger charge is 2.37. The number of halogens is 9. The van der Waals surface area contributed by atoms with Crippen molar-refractivity contribution in [2.75, 3.05) is 6.54 Å². The van der Waals surface area contributed by atoms with E-state index >= 15 is 0 Å². The summed E-state index contributed by atoms with van der Waals surface area (Å²) in [5, 5.41) is 5.34. The summed E-state index contributed by atoms with van der Waals surface area (Å²) < 4.78 is 119. The molecule has 2 aromatic rings. The van der Waals surface area contributed by atoms with Gasteiger partial charge in [-0.3, -0.25) is 4.79 Å². The molecule has 12 heteroatoms. The van der Waals surface area contributed by atoms with Gasteiger partial charge in [0.05, 0.1) is 22.7 Å². The summed E-state index contributed by atoms with van der Waals surface area (Å²) in [5.74, 6) is -0.468. The summed E-state index contributed by atoms with van der Waals surface area (Å²) in [7, 11) is 0. The molecule has 1 fully saturated rings. The van der Waals surface area contributed by atoms with Crippen LogP contribution >= 0.6 is 0 Å². The topological polar surface area (TPSA) is 41.1 Å². The summed E-state index contributed by atoms with van der Waals surface area (Å²) in [6.45, 7) is 0.210. The van der Waals surface area contributed by atoms with Gasteiger partial charge in [0.15, 0.2) is 0 Å². The van der Waals surface area contributed by atoms with Gasteiger partial charge in [-0.05, 0) is 72.5 Å². The fourth-order valence-electron chi connectivity index (χ4n) is 3.47. The molecule has 0 radical (unpaired) electrons. The van der Waals surface area contributed by atoms with Gasteiger partial charge in [0.25, 0.3) is 0 Å². The summed E-state index contributed by atoms with van der Waals surface area (Å²) >= 11 is 0. The van der Waals surface area contributed by atoms with Crippen LogP contribution in [0.3, 0.4) is 0 Å². The highest BCUT2D eigenvalue weighted by molar-refractivity contribution is 5.82. The van der Waals surface area contributed by atoms with Crippen molar-refractivity contribution in [1.82, 2.24) is 10.6 Å². The van der Waals surface area contributed by atoms with Crippen LogP contribution < -0.4 is 10.6 Å². The molecule has 2 aromatic carbocycles. The Morgan fingerprint density at radius 3 is 1.73 bits per heavy atom. The summed E-state index contributed by atoms with van der Waals surface area (Å²) in [6.07, 6.45) is -13.9. The molecule has 1 amide bonds. The zero-order valence-electron chi connectivity index (χ0n) is 16.7. The van der Waals surface area contributed by atoms with Crippen LogP contribution in [0.1, 0.15) is 35.1 Å². The molecule has 1 saturated heterocycles. The van der Waals surface area contributed by atoms with Crippen LogP contribution in [0.2, 0.25) is 0 Å². The maximum absolute atomic E-state index is 13.4. The van der Waals surface area contributed by atoms with E-state index in [0.717, 1.165) is 12.5 Å². The van der Waals surface area contributed by atoms with Crippen LogP contribution in [0.15, 0.2) is 36.4 Å². The SMILES string of the molecule is O=C(NCc1cc(-c2cc(C(F)(F)F)cc(C(F)(F)F)c2)cc(C(F)(F)F)c1)C1CCCN1. The molecule has 1 atom stereocenters. The van der Waals surface area contributed by atoms with Crippen molar-refractivity contribution in [3.05, 3.63) is 58.7 Å². The van der Waals surface area contributed by atoms with Crippen molar-refractivity contribution in [3.63, 3.8) is 0 Å². The Morgan fingerprint density at radius 1 is 0.788 bits per heavy atom. The molecule has 0 saturated carbocycles. The van der Waals surface area contributed by atoms with E-state index < -0.39 is 58.3 Å². The van der Waals surface area contributed by atoms with E-state index in [-0.39, 0.29) is 18.2 Å². The Bertz CT molecular complexity index is 988. The Balaban J connectivity index is 2.04. The molecule has 1 aliphatic rings. The van der Waals surface area contributed by atoms with Gasteiger partial charge in [0, 0.05) is 6.54 Å². The third kappa shape index (κ3) is 6.18. The van der Waals surface area contributed by atoms with E-state index in [0.29, 0.717) is 37.2 Å². The van der Waals surface area contributed by atoms with Crippen molar-refractivity contribution in [2.24, 2.45) is 0 Å². The number of amides is 1. The molecule has 3 rings (SSSR count). The number of carbonyl (C=O) groups is 1. The number of nitrogens with one attached hydrogen (secondary N) is 2. The number of carbonyl (C=O) groups excluding carboxylic acids is 1. The molecule has 3 nitrogen and oxygen atoms in total. The molecule has 180 valence electrons. The zero-order valence-corrected chi connectivity index (χ0v) is 16.7. The smallest absolute Gasteiger partial charge is 0.351 e. The monoisotopic (exact) mass is 484 g/mol. The summed E-state index contributed by atoms with van der Waals surface area (Å²) in [6, 6.07) is 2.27. The van der Waals surface area contributed by atoms with E-state index in [4.69, 9.17) is 0 Å². The lowest BCUT2D eigenvalue weighted by atomic mass is 9.95. The quantitative estimate of drug-likeness (QED) is 0.541. The van der Waals surface area contributed by atoms with Crippen molar-refractivity contribution in [1.29, 1.82) is 0 Å². The van der Waals surface area contributed by atoms with Gasteiger partial charge in [-0.1, -0.05) is 0 Å². The lowest BCUT2D eigenvalue weighted by Crippen LogP contribution is -2.40. The molecule has 1 heterocycles. The van der Waals surface area contributed by atoms with Crippen molar-refractivity contribution < 1.29 is 44.3 Å². The van der Waals surface area contributed by atoms with Crippen LogP contribution in [-0.4, -0.2) is 18.5 Å². The van der Waals surface area contributed by atoms with E-state index in [1.54, 1.807) is 0 Å². The minimum absolute atomic E-state index is 0.104. The van der Waals surface area contributed by atoms with Gasteiger partial charge in [-0.2, -0.15) is 39.5 Å². The Labute approximate surface area is 182 Å². The second-order valence-corrected chi connectivity index (χ2v) is 7.58. The highest BCUT2D eigenvalue weighted by atomic mass is 19.4. The lowest BCUT2D eigenvalue weighted by Gasteiger charge is -2.17. The maximum atomic E-state index is 13.4. The Kier molecular flexibility index (Phi) is 6.69. The minimum atomic E-state index is -5.15. The largest absolute Gasteiger partial charge is 0.416 e. The first-order chi connectivity index (χ1) is 15.1. The fourth-order valence-corrected chi connectivity index (χ4v) is 3.47. The number of hydrogen-bond acceptors (Lipinski definition) is 2. The van der Waals surface area contributed by atoms with E-state index in [2.05, 4.69) is 10.6 Å². The molecule has 1 aliphatic heterocycles. The highest BCUT2D eigenvalue weighted by Crippen LogP contribution is 2.40. The number of hydrogen-bond donors (Lipinski definition) is 2. The van der Waals surface area contributed by atoms with Gasteiger partial charge in [-0.25, -0.2) is 0 Å². The standard InChI is InChI=1S/C21H17F9N2O/c22-19(23,24)14-5-11(10-32-18(33)17-2-1-3-31-17)4-12(6-14)13-7-15(20(25,26)27)9-16(8-13)21(28,29)30/h4-9,17,31H,1-3,10H2,(H,32,33). The number of alkyl halides is 9. The maximum Gasteiger partial charge on any atom is 0.416 e. The lowest BCUT2D eigenvalue weighted by molar-refractivity contribution is -0.143. The first-order valence-corrected chi connectivity index (χ1v) is 9.67. The first kappa shape index (κ1) is 24.9. The number of benzene rings is 2. The van der Waals surface area contributed by atoms with Crippen LogP contribution in [-0.2, 0) is 29.9 Å². The minimum Gasteiger partial charge on any atom is -0.351 e. The molecular weight excluding hydrogens is 467 g/mol. The van der Waals surface area contributed by atoms with Gasteiger partial charge >= 0.3 is 18.5 Å². The molecule has 0 aliphatic carbocycles. The Hall–Kier alpha value is -2.76. The summed E-state index contributed by atoms with van der Waals surface area (Å²) in [5.41, 5.74) is -5.87. The van der Waals surface area contributed by atoms with Crippen molar-refractivity contribution >= 4 is 5.91 Å². The Morgan fingerprint density at radius 2 is 1.27 bits per heavy atom. The third-order valence-corrected chi connectivity index (χ3v) is 5.08. The number of rotatable bonds is 4. The second-order valence-electron chi connectivity index (χ2n) is 7.58. The van der Waals surface area contributed by atoms with Crippen LogP contribution in [0.5, 0.6) is 0 Å². The van der Waals surface area contributed by atoms with Crippen LogP contribution in [0, 0.1) is 0 Å². The predicted molar refractivity (Wildman–Crippen MR) is 99.8 cm³/mol. The van der Waals surface area contributed by atoms with Gasteiger partial charge < -0.3 is 10.6 Å². The average molecular weight is 484 g/mol. The van der Waals surface area contributed by atoms with Gasteiger partial charge in [0.1, 0.15) is 0 Å². The van der Waals surface area contributed by atoms with Crippen molar-refractivity contribution in [3.8, 4) is 11.1 Å². The van der Waals surface area contributed by atoms with Crippen LogP contribution in [0.4, 0.5) is 39.5 Å². The second kappa shape index (κ2) is 8.88. The molecule has 0 bridgehead atoms. The van der Waals surface area contributed by atoms with E-state index in [1.165, 1.54) is 0 Å². The van der Waals surface area contributed by atoms with Crippen LogP contribution in [0.25, 0.3) is 11.1 Å². The summed E-state index contributed by atoms with van der Waals surface area (Å²) in [4.78, 5) is 12.1. The normalized spacial score (nSPS) is 17.3. The molecule has 33 heavy (non-hydrogen) atoms. The molecule has 2 N–H and O–H groups in total. The van der Waals surface area contributed by atoms with Crippen molar-refractivity contribution in [2.45, 2.75) is 44.0 Å². The predicted octanol–water partition coefficient (Wildman–Crippen LogP) is 5.78. The molecular formula is C21H17F9N2O. The average Bonchev–Trinajstić information content (AvgIpc) is 3.24. The molecule has 1 unspecified atom stereocenters.